The van der Waals surface area contributed by atoms with Gasteiger partial charge in [0.1, 0.15) is 0 Å². The first kappa shape index (κ1) is 23.4. The maximum atomic E-state index is 13.9. The highest BCUT2D eigenvalue weighted by Crippen LogP contribution is 2.67. The Morgan fingerprint density at radius 2 is 1.91 bits per heavy atom. The van der Waals surface area contributed by atoms with Gasteiger partial charge in [0.05, 0.1) is 19.6 Å². The third-order valence-corrected chi connectivity index (χ3v) is 8.54. The highest BCUT2D eigenvalue weighted by Gasteiger charge is 2.68. The van der Waals surface area contributed by atoms with Crippen LogP contribution in [0.4, 0.5) is 0 Å². The number of nitrogens with zero attached hydrogens (tertiary/aromatic N) is 2. The van der Waals surface area contributed by atoms with Crippen LogP contribution in [0.3, 0.4) is 0 Å². The van der Waals surface area contributed by atoms with Gasteiger partial charge in [0, 0.05) is 32.1 Å². The zero-order valence-electron chi connectivity index (χ0n) is 20.3. The fraction of sp³-hybridized carbons (Fsp3) is 0.731. The molecule has 6 heteroatoms. The first-order valence-electron chi connectivity index (χ1n) is 12.4. The number of hydrogen-bond acceptors (Lipinski definition) is 5. The fourth-order valence-corrected chi connectivity index (χ4v) is 6.93. The summed E-state index contributed by atoms with van der Waals surface area (Å²) < 4.78 is 10.9. The molecule has 0 radical (unpaired) electrons. The standard InChI is InChI=1S/C26H41N3O3/c1-5-20-24(18-11-12-22(31-3)23(15-18)32-4)26(20,17-27)25(30)28(2)16-19-9-8-14-29-13-7-6-10-21(19)29/h11-12,15,19-21,24H,5-10,13-14,16-17,27H2,1-4H3. The Kier molecular flexibility index (Phi) is 7.01. The molecular weight excluding hydrogens is 402 g/mol. The molecule has 1 aliphatic carbocycles. The Labute approximate surface area is 193 Å². The van der Waals surface area contributed by atoms with E-state index in [9.17, 15) is 4.79 Å². The molecule has 3 aliphatic rings. The van der Waals surface area contributed by atoms with Gasteiger partial charge in [0.25, 0.3) is 0 Å². The SMILES string of the molecule is CCC1C(c2ccc(OC)c(OC)c2)C1(CN)C(=O)N(C)CC1CCCN2CCCCC12. The second kappa shape index (κ2) is 9.60. The molecule has 178 valence electrons. The second-order valence-corrected chi connectivity index (χ2v) is 10.0. The molecule has 1 saturated carbocycles. The van der Waals surface area contributed by atoms with Gasteiger partial charge in [-0.2, -0.15) is 0 Å². The molecule has 6 nitrogen and oxygen atoms in total. The predicted octanol–water partition coefficient (Wildman–Crippen LogP) is 3.50. The number of amides is 1. The number of piperidine rings is 2. The minimum atomic E-state index is -0.510. The quantitative estimate of drug-likeness (QED) is 0.666. The molecular formula is C26H41N3O3. The highest BCUT2D eigenvalue weighted by atomic mass is 16.5. The number of rotatable bonds is 8. The minimum Gasteiger partial charge on any atom is -0.493 e. The molecule has 1 amide bonds. The fourth-order valence-electron chi connectivity index (χ4n) is 6.93. The lowest BCUT2D eigenvalue weighted by molar-refractivity contribution is -0.137. The molecule has 32 heavy (non-hydrogen) atoms. The van der Waals surface area contributed by atoms with E-state index in [-0.39, 0.29) is 17.7 Å². The number of hydrogen-bond donors (Lipinski definition) is 1. The van der Waals surface area contributed by atoms with E-state index >= 15 is 0 Å². The molecule has 5 atom stereocenters. The number of nitrogens with two attached hydrogens (primary N) is 1. The molecule has 2 heterocycles. The van der Waals surface area contributed by atoms with Gasteiger partial charge < -0.3 is 25.0 Å². The Bertz CT molecular complexity index is 814. The first-order chi connectivity index (χ1) is 15.5. The summed E-state index contributed by atoms with van der Waals surface area (Å²) in [6.07, 6.45) is 7.33. The molecule has 0 bridgehead atoms. The lowest BCUT2D eigenvalue weighted by Gasteiger charge is -2.45. The van der Waals surface area contributed by atoms with Gasteiger partial charge in [-0.05, 0) is 68.3 Å². The summed E-state index contributed by atoms with van der Waals surface area (Å²) in [5.41, 5.74) is 6.97. The monoisotopic (exact) mass is 443 g/mol. The van der Waals surface area contributed by atoms with Gasteiger partial charge in [0.15, 0.2) is 11.5 Å². The minimum absolute atomic E-state index is 0.129. The highest BCUT2D eigenvalue weighted by molar-refractivity contribution is 5.88. The van der Waals surface area contributed by atoms with Crippen LogP contribution in [0.1, 0.15) is 56.9 Å². The predicted molar refractivity (Wildman–Crippen MR) is 127 cm³/mol. The Morgan fingerprint density at radius 3 is 2.59 bits per heavy atom. The summed E-state index contributed by atoms with van der Waals surface area (Å²) in [6, 6.07) is 6.68. The maximum Gasteiger partial charge on any atom is 0.230 e. The zero-order valence-corrected chi connectivity index (χ0v) is 20.3. The largest absolute Gasteiger partial charge is 0.493 e. The van der Waals surface area contributed by atoms with E-state index in [1.807, 2.05) is 24.1 Å². The summed E-state index contributed by atoms with van der Waals surface area (Å²) in [7, 11) is 5.29. The van der Waals surface area contributed by atoms with Crippen molar-refractivity contribution in [2.45, 2.75) is 57.4 Å². The summed E-state index contributed by atoms with van der Waals surface area (Å²) in [5.74, 6) is 2.60. The van der Waals surface area contributed by atoms with Crippen LogP contribution in [0.5, 0.6) is 11.5 Å². The van der Waals surface area contributed by atoms with Crippen LogP contribution in [0.15, 0.2) is 18.2 Å². The molecule has 3 fully saturated rings. The smallest absolute Gasteiger partial charge is 0.230 e. The van der Waals surface area contributed by atoms with E-state index in [4.69, 9.17) is 15.2 Å². The average Bonchev–Trinajstić information content (AvgIpc) is 3.52. The van der Waals surface area contributed by atoms with E-state index in [0.29, 0.717) is 30.0 Å². The lowest BCUT2D eigenvalue weighted by atomic mass is 9.83. The van der Waals surface area contributed by atoms with Crippen molar-refractivity contribution in [2.75, 3.05) is 47.4 Å². The third kappa shape index (κ3) is 3.90. The van der Waals surface area contributed by atoms with Crippen molar-refractivity contribution >= 4 is 5.91 Å². The van der Waals surface area contributed by atoms with Gasteiger partial charge in [-0.1, -0.05) is 25.8 Å². The molecule has 4 rings (SSSR count). The van der Waals surface area contributed by atoms with Crippen molar-refractivity contribution in [1.82, 2.24) is 9.80 Å². The van der Waals surface area contributed by atoms with Crippen LogP contribution in [-0.2, 0) is 4.79 Å². The molecule has 2 aliphatic heterocycles. The van der Waals surface area contributed by atoms with Crippen LogP contribution < -0.4 is 15.2 Å². The number of carbonyl (C=O) groups excluding carboxylic acids is 1. The maximum absolute atomic E-state index is 13.9. The van der Waals surface area contributed by atoms with Crippen LogP contribution in [0.2, 0.25) is 0 Å². The average molecular weight is 444 g/mol. The molecule has 5 unspecified atom stereocenters. The second-order valence-electron chi connectivity index (χ2n) is 10.0. The first-order valence-corrected chi connectivity index (χ1v) is 12.4. The number of benzene rings is 1. The van der Waals surface area contributed by atoms with E-state index in [2.05, 4.69) is 17.9 Å². The van der Waals surface area contributed by atoms with E-state index in [0.717, 1.165) is 18.5 Å². The zero-order chi connectivity index (χ0) is 22.9. The van der Waals surface area contributed by atoms with Crippen molar-refractivity contribution in [3.05, 3.63) is 23.8 Å². The van der Waals surface area contributed by atoms with E-state index < -0.39 is 5.41 Å². The van der Waals surface area contributed by atoms with E-state index in [1.165, 1.54) is 45.2 Å². The Morgan fingerprint density at radius 1 is 1.16 bits per heavy atom. The van der Waals surface area contributed by atoms with Crippen LogP contribution in [0.25, 0.3) is 0 Å². The van der Waals surface area contributed by atoms with Crippen molar-refractivity contribution < 1.29 is 14.3 Å². The van der Waals surface area contributed by atoms with Crippen LogP contribution in [0, 0.1) is 17.3 Å². The summed E-state index contributed by atoms with van der Waals surface area (Å²) in [4.78, 5) is 18.6. The van der Waals surface area contributed by atoms with Crippen molar-refractivity contribution in [3.8, 4) is 11.5 Å². The molecule has 1 aromatic rings. The van der Waals surface area contributed by atoms with Crippen molar-refractivity contribution in [3.63, 3.8) is 0 Å². The molecule has 2 saturated heterocycles. The molecule has 2 N–H and O–H groups in total. The van der Waals surface area contributed by atoms with E-state index in [1.54, 1.807) is 14.2 Å². The van der Waals surface area contributed by atoms with Crippen molar-refractivity contribution in [2.24, 2.45) is 23.0 Å². The molecule has 1 aromatic carbocycles. The van der Waals surface area contributed by atoms with Gasteiger partial charge in [-0.3, -0.25) is 4.79 Å². The topological polar surface area (TPSA) is 68.0 Å². The molecule has 0 aromatic heterocycles. The van der Waals surface area contributed by atoms with Crippen molar-refractivity contribution in [1.29, 1.82) is 0 Å². The summed E-state index contributed by atoms with van der Waals surface area (Å²) in [6.45, 7) is 5.85. The Balaban J connectivity index is 1.53. The number of methoxy groups -OCH3 is 2. The van der Waals surface area contributed by atoms with Gasteiger partial charge >= 0.3 is 0 Å². The lowest BCUT2D eigenvalue weighted by Crippen LogP contribution is -2.52. The normalized spacial score (nSPS) is 32.2. The Hall–Kier alpha value is -1.79. The molecule has 0 spiro atoms. The summed E-state index contributed by atoms with van der Waals surface area (Å²) >= 11 is 0. The van der Waals surface area contributed by atoms with Gasteiger partial charge in [0.2, 0.25) is 5.91 Å². The number of carbonyl (C=O) groups is 1. The van der Waals surface area contributed by atoms with Gasteiger partial charge in [-0.25, -0.2) is 0 Å². The van der Waals surface area contributed by atoms with Gasteiger partial charge in [-0.15, -0.1) is 0 Å². The van der Waals surface area contributed by atoms with Crippen LogP contribution >= 0.6 is 0 Å². The number of fused-ring (bicyclic) bond motifs is 1. The van der Waals surface area contributed by atoms with Crippen LogP contribution in [-0.4, -0.2) is 69.2 Å². The number of ether oxygens (including phenoxy) is 2. The summed E-state index contributed by atoms with van der Waals surface area (Å²) in [5, 5.41) is 0. The third-order valence-electron chi connectivity index (χ3n) is 8.54.